The van der Waals surface area contributed by atoms with Crippen LogP contribution in [0.15, 0.2) is 11.6 Å². The maximum absolute atomic E-state index is 5.75. The van der Waals surface area contributed by atoms with Crippen LogP contribution in [0, 0.1) is 0 Å². The first kappa shape index (κ1) is 14.8. The second-order valence-electron chi connectivity index (χ2n) is 6.12. The zero-order valence-electron chi connectivity index (χ0n) is 13.2. The maximum Gasteiger partial charge on any atom is 0.195 e. The molecular weight excluding hydrogens is 284 g/mol. The largest absolute Gasteiger partial charge is 0.375 e. The first-order valence-corrected chi connectivity index (χ1v) is 8.50. The molecule has 0 amide bonds. The summed E-state index contributed by atoms with van der Waals surface area (Å²) in [6, 6.07) is 0.826. The predicted octanol–water partition coefficient (Wildman–Crippen LogP) is 2.51. The van der Waals surface area contributed by atoms with Crippen molar-refractivity contribution in [2.75, 3.05) is 18.1 Å². The lowest BCUT2D eigenvalue weighted by atomic mass is 10.2. The number of morpholine rings is 1. The molecule has 3 rings (SSSR count). The topological polar surface area (TPSA) is 41.8 Å². The standard InChI is InChI=1S/C15H24N4OS/c1-10(2)16-7-13-14(17-15-18(13)5-6-21-15)19-8-12(4)20-9-11(19)3/h5-6,10-12,16H,7-9H2,1-4H3. The van der Waals surface area contributed by atoms with Gasteiger partial charge in [0.05, 0.1) is 24.4 Å². The molecule has 1 aliphatic rings. The Morgan fingerprint density at radius 1 is 1.48 bits per heavy atom. The highest BCUT2D eigenvalue weighted by molar-refractivity contribution is 7.15. The minimum atomic E-state index is 0.256. The minimum Gasteiger partial charge on any atom is -0.375 e. The lowest BCUT2D eigenvalue weighted by Gasteiger charge is -2.37. The lowest BCUT2D eigenvalue weighted by Crippen LogP contribution is -2.48. The molecule has 116 valence electrons. The number of imidazole rings is 1. The highest BCUT2D eigenvalue weighted by Gasteiger charge is 2.28. The third-order valence-electron chi connectivity index (χ3n) is 3.90. The summed E-state index contributed by atoms with van der Waals surface area (Å²) in [7, 11) is 0. The molecule has 2 aromatic rings. The molecule has 1 saturated heterocycles. The van der Waals surface area contributed by atoms with Gasteiger partial charge in [0.15, 0.2) is 10.8 Å². The van der Waals surface area contributed by atoms with Gasteiger partial charge < -0.3 is 15.0 Å². The molecule has 2 atom stereocenters. The Balaban J connectivity index is 1.96. The summed E-state index contributed by atoms with van der Waals surface area (Å²) in [5, 5.41) is 5.61. The fraction of sp³-hybridized carbons (Fsp3) is 0.667. The van der Waals surface area contributed by atoms with E-state index in [0.717, 1.165) is 30.5 Å². The van der Waals surface area contributed by atoms with Gasteiger partial charge in [0.1, 0.15) is 0 Å². The number of rotatable bonds is 4. The Morgan fingerprint density at radius 2 is 2.29 bits per heavy atom. The van der Waals surface area contributed by atoms with Crippen LogP contribution in [0.4, 0.5) is 5.82 Å². The fourth-order valence-electron chi connectivity index (χ4n) is 2.71. The van der Waals surface area contributed by atoms with Crippen molar-refractivity contribution in [3.8, 4) is 0 Å². The van der Waals surface area contributed by atoms with E-state index in [1.54, 1.807) is 11.3 Å². The van der Waals surface area contributed by atoms with Gasteiger partial charge in [0, 0.05) is 30.7 Å². The van der Waals surface area contributed by atoms with Gasteiger partial charge in [-0.2, -0.15) is 0 Å². The van der Waals surface area contributed by atoms with Gasteiger partial charge in [0.25, 0.3) is 0 Å². The van der Waals surface area contributed by atoms with Crippen LogP contribution < -0.4 is 10.2 Å². The number of anilines is 1. The Bertz CT molecular complexity index is 606. The van der Waals surface area contributed by atoms with Crippen molar-refractivity contribution in [1.29, 1.82) is 0 Å². The summed E-state index contributed by atoms with van der Waals surface area (Å²) in [6.07, 6.45) is 2.37. The van der Waals surface area contributed by atoms with Crippen LogP contribution in [0.5, 0.6) is 0 Å². The first-order chi connectivity index (χ1) is 10.1. The molecule has 0 aliphatic carbocycles. The van der Waals surface area contributed by atoms with Gasteiger partial charge in [-0.25, -0.2) is 4.98 Å². The molecule has 5 nitrogen and oxygen atoms in total. The molecule has 0 saturated carbocycles. The van der Waals surface area contributed by atoms with Crippen molar-refractivity contribution in [3.05, 3.63) is 17.3 Å². The number of thiazole rings is 1. The van der Waals surface area contributed by atoms with Crippen molar-refractivity contribution in [3.63, 3.8) is 0 Å². The third-order valence-corrected chi connectivity index (χ3v) is 4.65. The van der Waals surface area contributed by atoms with Gasteiger partial charge in [0.2, 0.25) is 0 Å². The number of ether oxygens (including phenoxy) is 1. The Hall–Kier alpha value is -1.11. The Kier molecular flexibility index (Phi) is 4.19. The molecular formula is C15H24N4OS. The van der Waals surface area contributed by atoms with Crippen molar-refractivity contribution in [1.82, 2.24) is 14.7 Å². The van der Waals surface area contributed by atoms with Crippen LogP contribution in [0.3, 0.4) is 0 Å². The Labute approximate surface area is 129 Å². The van der Waals surface area contributed by atoms with Crippen molar-refractivity contribution in [2.24, 2.45) is 0 Å². The van der Waals surface area contributed by atoms with Gasteiger partial charge >= 0.3 is 0 Å². The van der Waals surface area contributed by atoms with Crippen molar-refractivity contribution < 1.29 is 4.74 Å². The van der Waals surface area contributed by atoms with E-state index in [1.807, 2.05) is 0 Å². The van der Waals surface area contributed by atoms with Gasteiger partial charge in [-0.15, -0.1) is 11.3 Å². The third kappa shape index (κ3) is 2.93. The van der Waals surface area contributed by atoms with E-state index in [2.05, 4.69) is 53.9 Å². The lowest BCUT2D eigenvalue weighted by molar-refractivity contribution is 0.0340. The molecule has 1 aliphatic heterocycles. The Morgan fingerprint density at radius 3 is 3.05 bits per heavy atom. The number of nitrogens with one attached hydrogen (secondary N) is 1. The number of hydrogen-bond donors (Lipinski definition) is 1. The summed E-state index contributed by atoms with van der Waals surface area (Å²) >= 11 is 1.69. The van der Waals surface area contributed by atoms with E-state index in [4.69, 9.17) is 9.72 Å². The second kappa shape index (κ2) is 5.94. The van der Waals surface area contributed by atoms with Crippen LogP contribution >= 0.6 is 11.3 Å². The summed E-state index contributed by atoms with van der Waals surface area (Å²) in [5.41, 5.74) is 1.25. The van der Waals surface area contributed by atoms with E-state index in [1.165, 1.54) is 5.69 Å². The molecule has 3 heterocycles. The molecule has 1 N–H and O–H groups in total. The summed E-state index contributed by atoms with van der Waals surface area (Å²) in [6.45, 7) is 11.2. The average molecular weight is 308 g/mol. The zero-order chi connectivity index (χ0) is 15.0. The zero-order valence-corrected chi connectivity index (χ0v) is 14.0. The van der Waals surface area contributed by atoms with Crippen molar-refractivity contribution in [2.45, 2.75) is 52.4 Å². The minimum absolute atomic E-state index is 0.256. The van der Waals surface area contributed by atoms with Gasteiger partial charge in [-0.3, -0.25) is 4.40 Å². The highest BCUT2D eigenvalue weighted by Crippen LogP contribution is 2.28. The SMILES string of the molecule is CC(C)NCc1c(N2CC(C)OCC2C)nc2sccn12. The molecule has 2 unspecified atom stereocenters. The summed E-state index contributed by atoms with van der Waals surface area (Å²) < 4.78 is 7.96. The monoisotopic (exact) mass is 308 g/mol. The maximum atomic E-state index is 5.75. The quantitative estimate of drug-likeness (QED) is 0.942. The molecule has 6 heteroatoms. The van der Waals surface area contributed by atoms with E-state index in [9.17, 15) is 0 Å². The van der Waals surface area contributed by atoms with Gasteiger partial charge in [-0.1, -0.05) is 13.8 Å². The van der Waals surface area contributed by atoms with Crippen LogP contribution in [0.1, 0.15) is 33.4 Å². The number of hydrogen-bond acceptors (Lipinski definition) is 5. The van der Waals surface area contributed by atoms with Crippen LogP contribution in [0.25, 0.3) is 4.96 Å². The number of fused-ring (bicyclic) bond motifs is 1. The van der Waals surface area contributed by atoms with Crippen LogP contribution in [-0.2, 0) is 11.3 Å². The summed E-state index contributed by atoms with van der Waals surface area (Å²) in [5.74, 6) is 1.11. The summed E-state index contributed by atoms with van der Waals surface area (Å²) in [4.78, 5) is 8.33. The second-order valence-corrected chi connectivity index (χ2v) is 6.99. The molecule has 0 radical (unpaired) electrons. The van der Waals surface area contributed by atoms with E-state index in [-0.39, 0.29) is 6.10 Å². The molecule has 21 heavy (non-hydrogen) atoms. The normalized spacial score (nSPS) is 23.4. The van der Waals surface area contributed by atoms with Crippen LogP contribution in [-0.4, -0.2) is 40.7 Å². The first-order valence-electron chi connectivity index (χ1n) is 7.62. The average Bonchev–Trinajstić information content (AvgIpc) is 3.00. The fourth-order valence-corrected chi connectivity index (χ4v) is 3.44. The molecule has 0 spiro atoms. The number of aromatic nitrogens is 2. The number of nitrogens with zero attached hydrogens (tertiary/aromatic N) is 3. The van der Waals surface area contributed by atoms with E-state index < -0.39 is 0 Å². The smallest absolute Gasteiger partial charge is 0.195 e. The predicted molar refractivity (Wildman–Crippen MR) is 87.3 cm³/mol. The molecule has 2 aromatic heterocycles. The highest BCUT2D eigenvalue weighted by atomic mass is 32.1. The van der Waals surface area contributed by atoms with Gasteiger partial charge in [-0.05, 0) is 13.8 Å². The van der Waals surface area contributed by atoms with Crippen molar-refractivity contribution >= 4 is 22.1 Å². The van der Waals surface area contributed by atoms with E-state index in [0.29, 0.717) is 12.1 Å². The van der Waals surface area contributed by atoms with Crippen LogP contribution in [0.2, 0.25) is 0 Å². The molecule has 0 bridgehead atoms. The molecule has 0 aromatic carbocycles. The molecule has 1 fully saturated rings. The van der Waals surface area contributed by atoms with E-state index >= 15 is 0 Å².